The lowest BCUT2D eigenvalue weighted by molar-refractivity contribution is -0.380. The van der Waals surface area contributed by atoms with E-state index in [1.165, 1.54) is 0 Å². The molecule has 0 amide bonds. The van der Waals surface area contributed by atoms with Crippen molar-refractivity contribution in [3.63, 3.8) is 0 Å². The Balaban J connectivity index is 1.18. The smallest absolute Gasteiger partial charge is 0.187 e. The van der Waals surface area contributed by atoms with E-state index in [1.807, 2.05) is 0 Å². The van der Waals surface area contributed by atoms with Crippen LogP contribution in [0, 0.1) is 0 Å². The Morgan fingerprint density at radius 1 is 0.343 bits per heavy atom. The molecule has 31 nitrogen and oxygen atoms in total. The average Bonchev–Trinajstić information content (AvgIpc) is 3.80. The molecule has 0 saturated carbocycles. The molecule has 0 aliphatic carbocycles. The first-order valence-corrected chi connectivity index (χ1v) is 21.2. The molecule has 0 aromatic rings. The van der Waals surface area contributed by atoms with E-state index in [1.54, 1.807) is 0 Å². The van der Waals surface area contributed by atoms with Gasteiger partial charge in [0.25, 0.3) is 0 Å². The van der Waals surface area contributed by atoms with E-state index in [2.05, 4.69) is 0 Å². The highest BCUT2D eigenvalue weighted by Gasteiger charge is 2.59. The lowest BCUT2D eigenvalue weighted by Gasteiger charge is -2.48. The van der Waals surface area contributed by atoms with Crippen LogP contribution >= 0.6 is 0 Å². The highest BCUT2D eigenvalue weighted by molar-refractivity contribution is 5.01. The molecule has 0 spiro atoms. The molecular weight excluding hydrogens is 926 g/mol. The van der Waals surface area contributed by atoms with Crippen LogP contribution in [0.15, 0.2) is 0 Å². The van der Waals surface area contributed by atoms with E-state index in [0.29, 0.717) is 0 Å². The van der Waals surface area contributed by atoms with Crippen molar-refractivity contribution in [3.8, 4) is 0 Å². The second kappa shape index (κ2) is 23.5. The van der Waals surface area contributed by atoms with Crippen LogP contribution in [-0.2, 0) is 52.1 Å². The van der Waals surface area contributed by atoms with Gasteiger partial charge >= 0.3 is 0 Å². The second-order valence-corrected chi connectivity index (χ2v) is 16.8. The van der Waals surface area contributed by atoms with Gasteiger partial charge in [0.1, 0.15) is 140 Å². The van der Waals surface area contributed by atoms with Gasteiger partial charge in [0.15, 0.2) is 37.7 Å². The summed E-state index contributed by atoms with van der Waals surface area (Å²) < 4.78 is 61.4. The molecule has 1 unspecified atom stereocenters. The molecule has 6 fully saturated rings. The Bertz CT molecular complexity index is 1510. The van der Waals surface area contributed by atoms with Gasteiger partial charge in [0, 0.05) is 0 Å². The molecule has 6 aliphatic rings. The van der Waals surface area contributed by atoms with Gasteiger partial charge in [0.2, 0.25) is 0 Å². The molecule has 30 atom stereocenters. The third kappa shape index (κ3) is 11.2. The maximum atomic E-state index is 11.5. The van der Waals surface area contributed by atoms with Gasteiger partial charge in [-0.05, 0) is 0 Å². The van der Waals surface area contributed by atoms with Crippen LogP contribution in [0.1, 0.15) is 0 Å². The van der Waals surface area contributed by atoms with Crippen molar-refractivity contribution in [2.75, 3.05) is 39.6 Å². The fraction of sp³-hybridized carbons (Fsp3) is 1.00. The number of rotatable bonds is 18. The predicted molar refractivity (Wildman–Crippen MR) is 201 cm³/mol. The van der Waals surface area contributed by atoms with Crippen molar-refractivity contribution in [3.05, 3.63) is 0 Å². The normalized spacial score (nSPS) is 51.8. The SMILES string of the molecule is N[C@H]1C(O)O[C@H](CO)[C@@H](O[C@H]2O[C@H](CO)[C@@H](O)[C@H](O[C@H]3O[C@H](CO)[C@@H](O)[C@H](O[C@@H]4O[C@@H]([C@H](O)CO)[C@H](O[C@H]5O[C@@H]([C@H](O)CO)[C@H](O[C@H]6O[C@H](CO)[C@H](O)[C@H](O)[C@H]6O)[C@H]5O)[C@H]4O)[C@@H]3O)[C@@H]2O)[C@@H]1O. The third-order valence-corrected chi connectivity index (χ3v) is 12.5. The number of hydrogen-bond donors (Lipinski definition) is 20. The van der Waals surface area contributed by atoms with E-state index >= 15 is 0 Å². The summed E-state index contributed by atoms with van der Waals surface area (Å²) in [6.07, 6.45) is -54.4. The van der Waals surface area contributed by atoms with Crippen LogP contribution in [0.4, 0.5) is 0 Å². The fourth-order valence-electron chi connectivity index (χ4n) is 8.57. The minimum atomic E-state index is -2.21. The van der Waals surface area contributed by atoms with E-state index in [0.717, 1.165) is 0 Å². The molecule has 0 aromatic heterocycles. The molecule has 6 aliphatic heterocycles. The number of nitrogens with two attached hydrogens (primary N) is 1. The van der Waals surface area contributed by atoms with E-state index < -0.39 is 224 Å². The third-order valence-electron chi connectivity index (χ3n) is 12.5. The Hall–Kier alpha value is -1.24. The first-order chi connectivity index (χ1) is 31.8. The number of hydrogen-bond acceptors (Lipinski definition) is 31. The molecule has 6 heterocycles. The number of aliphatic hydroxyl groups excluding tert-OH is 19. The molecule has 6 saturated heterocycles. The zero-order chi connectivity index (χ0) is 49.3. The average molecular weight is 990 g/mol. The lowest BCUT2D eigenvalue weighted by atomic mass is 9.95. The monoisotopic (exact) mass is 989 g/mol. The summed E-state index contributed by atoms with van der Waals surface area (Å²) in [6, 6.07) is -1.48. The summed E-state index contributed by atoms with van der Waals surface area (Å²) in [5, 5.41) is 200. The Morgan fingerprint density at radius 3 is 1.06 bits per heavy atom. The highest BCUT2D eigenvalue weighted by atomic mass is 16.8. The maximum Gasteiger partial charge on any atom is 0.187 e. The van der Waals surface area contributed by atoms with Crippen molar-refractivity contribution in [2.24, 2.45) is 5.73 Å². The largest absolute Gasteiger partial charge is 0.394 e. The van der Waals surface area contributed by atoms with Gasteiger partial charge in [-0.1, -0.05) is 0 Å². The molecule has 0 bridgehead atoms. The van der Waals surface area contributed by atoms with E-state index in [4.69, 9.17) is 57.8 Å². The first kappa shape index (κ1) is 55.1. The van der Waals surface area contributed by atoms with Crippen LogP contribution < -0.4 is 5.73 Å². The second-order valence-electron chi connectivity index (χ2n) is 16.8. The van der Waals surface area contributed by atoms with Gasteiger partial charge in [-0.3, -0.25) is 0 Å². The van der Waals surface area contributed by atoms with Gasteiger partial charge in [-0.25, -0.2) is 0 Å². The molecule has 6 rings (SSSR count). The van der Waals surface area contributed by atoms with E-state index in [-0.39, 0.29) is 0 Å². The molecule has 31 heteroatoms. The summed E-state index contributed by atoms with van der Waals surface area (Å²) in [5.41, 5.74) is 5.77. The predicted octanol–water partition coefficient (Wildman–Crippen LogP) is -14.1. The van der Waals surface area contributed by atoms with Crippen molar-refractivity contribution in [2.45, 2.75) is 184 Å². The quantitative estimate of drug-likeness (QED) is 0.0606. The zero-order valence-corrected chi connectivity index (χ0v) is 35.1. The molecule has 0 aromatic carbocycles. The van der Waals surface area contributed by atoms with E-state index in [9.17, 15) is 97.0 Å². The van der Waals surface area contributed by atoms with Gasteiger partial charge in [-0.2, -0.15) is 0 Å². The summed E-state index contributed by atoms with van der Waals surface area (Å²) >= 11 is 0. The first-order valence-electron chi connectivity index (χ1n) is 21.2. The highest BCUT2D eigenvalue weighted by Crippen LogP contribution is 2.38. The van der Waals surface area contributed by atoms with Gasteiger partial charge in [-0.15, -0.1) is 0 Å². The molecule has 21 N–H and O–H groups in total. The Kier molecular flexibility index (Phi) is 19.4. The molecule has 67 heavy (non-hydrogen) atoms. The minimum absolute atomic E-state index is 0.837. The lowest BCUT2D eigenvalue weighted by Crippen LogP contribution is -2.67. The van der Waals surface area contributed by atoms with Gasteiger partial charge in [0.05, 0.1) is 45.7 Å². The topological polar surface area (TPSA) is 512 Å². The van der Waals surface area contributed by atoms with Crippen molar-refractivity contribution < 1.29 is 149 Å². The number of ether oxygens (including phenoxy) is 11. The van der Waals surface area contributed by atoms with Crippen LogP contribution in [0.3, 0.4) is 0 Å². The van der Waals surface area contributed by atoms with Crippen LogP contribution in [0.25, 0.3) is 0 Å². The zero-order valence-electron chi connectivity index (χ0n) is 35.1. The van der Waals surface area contributed by atoms with Gasteiger partial charge < -0.3 is 155 Å². The summed E-state index contributed by atoms with van der Waals surface area (Å²) in [7, 11) is 0. The Labute approximate surface area is 378 Å². The fourth-order valence-corrected chi connectivity index (χ4v) is 8.57. The van der Waals surface area contributed by atoms with Crippen LogP contribution in [0.5, 0.6) is 0 Å². The summed E-state index contributed by atoms with van der Waals surface area (Å²) in [5.74, 6) is 0. The van der Waals surface area contributed by atoms with Crippen LogP contribution in [0.2, 0.25) is 0 Å². The molecule has 392 valence electrons. The minimum Gasteiger partial charge on any atom is -0.394 e. The Morgan fingerprint density at radius 2 is 0.672 bits per heavy atom. The maximum absolute atomic E-state index is 11.5. The molecule has 0 radical (unpaired) electrons. The van der Waals surface area contributed by atoms with Crippen molar-refractivity contribution >= 4 is 0 Å². The standard InChI is InChI=1S/C36H63NO30/c37-13-17(49)26(12(6-43)57-31(13)56)63-33-20(52)27(15(47)10(4-41)59-33)64-34-21(53)28(16(48)11(5-42)60-34)65-35-22(54)30(25(61-35)8(45)2-39)67-36-23(55)29(24(62-36)7(44)1-38)66-32-19(51)18(50)14(46)9(3-40)58-32/h7-36,38-56H,1-6,37H2/t7-,8-,9-,10-,11-,12-,13-,14+,15-,16-,17-,18+,19-,20+,21+,22-,23-,24+,25+,26-,27+,28+,29-,30-,31?,32-,33-,34-,35+,36-/m1/s1. The number of aliphatic hydroxyl groups is 19. The summed E-state index contributed by atoms with van der Waals surface area (Å²) in [4.78, 5) is 0. The van der Waals surface area contributed by atoms with Crippen molar-refractivity contribution in [1.29, 1.82) is 0 Å². The van der Waals surface area contributed by atoms with Crippen LogP contribution in [-0.4, -0.2) is 321 Å². The molecular formula is C36H63NO30. The summed E-state index contributed by atoms with van der Waals surface area (Å²) in [6.45, 7) is -5.73. The van der Waals surface area contributed by atoms with Crippen molar-refractivity contribution in [1.82, 2.24) is 0 Å².